The molecule has 0 saturated carbocycles. The van der Waals surface area contributed by atoms with E-state index in [0.29, 0.717) is 0 Å². The fraction of sp³-hybridized carbons (Fsp3) is 0.200. The van der Waals surface area contributed by atoms with Crippen LogP contribution >= 0.6 is 0 Å². The van der Waals surface area contributed by atoms with Gasteiger partial charge in [-0.25, -0.2) is 4.98 Å². The minimum absolute atomic E-state index is 0.0561. The quantitative estimate of drug-likeness (QED) is 0.336. The Balaban J connectivity index is 1.52. The van der Waals surface area contributed by atoms with Gasteiger partial charge in [-0.3, -0.25) is 33.9 Å². The van der Waals surface area contributed by atoms with E-state index in [1.807, 2.05) is 0 Å². The number of anilines is 1. The Kier molecular flexibility index (Phi) is 6.17. The van der Waals surface area contributed by atoms with Crippen molar-refractivity contribution >= 4 is 45.2 Å². The number of pyridine rings is 1. The highest BCUT2D eigenvalue weighted by atomic mass is 19.4. The van der Waals surface area contributed by atoms with Crippen LogP contribution in [0.4, 0.5) is 18.9 Å². The lowest BCUT2D eigenvalue weighted by molar-refractivity contribution is -0.274. The number of ether oxygens (including phenoxy) is 1. The van der Waals surface area contributed by atoms with E-state index < -0.39 is 52.4 Å². The van der Waals surface area contributed by atoms with Gasteiger partial charge in [-0.2, -0.15) is 0 Å². The molecular weight excluding hydrogens is 523 g/mol. The van der Waals surface area contributed by atoms with E-state index in [4.69, 9.17) is 0 Å². The van der Waals surface area contributed by atoms with Gasteiger partial charge in [-0.1, -0.05) is 12.1 Å². The molecule has 200 valence electrons. The molecule has 0 radical (unpaired) electrons. The first-order valence-electron chi connectivity index (χ1n) is 11.5. The summed E-state index contributed by atoms with van der Waals surface area (Å²) >= 11 is 0. The molecule has 39 heavy (non-hydrogen) atoms. The number of aromatic nitrogens is 3. The second kappa shape index (κ2) is 9.38. The number of H-pyrrole nitrogens is 1. The van der Waals surface area contributed by atoms with E-state index in [-0.39, 0.29) is 46.2 Å². The van der Waals surface area contributed by atoms with Crippen molar-refractivity contribution in [3.8, 4) is 5.75 Å². The van der Waals surface area contributed by atoms with Crippen molar-refractivity contribution in [1.82, 2.24) is 19.9 Å². The van der Waals surface area contributed by atoms with Crippen molar-refractivity contribution in [2.45, 2.75) is 32.2 Å². The zero-order chi connectivity index (χ0) is 28.1. The van der Waals surface area contributed by atoms with E-state index in [1.165, 1.54) is 41.8 Å². The molecule has 1 saturated heterocycles. The molecular formula is C25H18F3N5O6. The molecule has 0 bridgehead atoms. The van der Waals surface area contributed by atoms with E-state index in [1.54, 1.807) is 0 Å². The number of piperidine rings is 1. The molecule has 3 N–H and O–H groups in total. The van der Waals surface area contributed by atoms with Gasteiger partial charge in [0.05, 0.1) is 22.0 Å². The molecule has 2 aromatic carbocycles. The maximum absolute atomic E-state index is 13.3. The maximum atomic E-state index is 13.3. The minimum atomic E-state index is -4.99. The summed E-state index contributed by atoms with van der Waals surface area (Å²) in [4.78, 5) is 70.1. The number of aromatic amines is 1. The molecule has 0 spiro atoms. The first-order valence-corrected chi connectivity index (χ1v) is 11.5. The SMILES string of the molecule is Cc1nc2c(NC(=O)c3c[nH]c4c(OC(F)(F)F)cccc4c3=O)cccc2c(=O)n1C1CCC(=O)NC1=O. The minimum Gasteiger partial charge on any atom is -0.404 e. The van der Waals surface area contributed by atoms with E-state index in [2.05, 4.69) is 25.3 Å². The maximum Gasteiger partial charge on any atom is 0.573 e. The lowest BCUT2D eigenvalue weighted by Gasteiger charge is -2.24. The Labute approximate surface area is 215 Å². The largest absolute Gasteiger partial charge is 0.573 e. The molecule has 5 rings (SSSR count). The van der Waals surface area contributed by atoms with Crippen molar-refractivity contribution < 1.29 is 32.3 Å². The molecule has 4 aromatic rings. The predicted molar refractivity (Wildman–Crippen MR) is 131 cm³/mol. The number of hydrogen-bond donors (Lipinski definition) is 3. The number of alkyl halides is 3. The number of nitrogens with one attached hydrogen (secondary N) is 3. The number of carbonyl (C=O) groups is 3. The first-order chi connectivity index (χ1) is 18.4. The average Bonchev–Trinajstić information content (AvgIpc) is 2.85. The van der Waals surface area contributed by atoms with Gasteiger partial charge in [-0.05, 0) is 37.6 Å². The van der Waals surface area contributed by atoms with Crippen LogP contribution in [0.15, 0.2) is 52.2 Å². The molecule has 3 amide bonds. The summed E-state index contributed by atoms with van der Waals surface area (Å²) in [5, 5.41) is 4.59. The van der Waals surface area contributed by atoms with Gasteiger partial charge < -0.3 is 15.0 Å². The van der Waals surface area contributed by atoms with E-state index >= 15 is 0 Å². The van der Waals surface area contributed by atoms with Crippen molar-refractivity contribution in [3.63, 3.8) is 0 Å². The molecule has 11 nitrogen and oxygen atoms in total. The number of carbonyl (C=O) groups excluding carboxylic acids is 3. The lowest BCUT2D eigenvalue weighted by Crippen LogP contribution is -2.45. The second-order valence-electron chi connectivity index (χ2n) is 8.71. The van der Waals surface area contributed by atoms with Crippen LogP contribution in [-0.4, -0.2) is 38.6 Å². The van der Waals surface area contributed by atoms with Crippen LogP contribution in [0.3, 0.4) is 0 Å². The summed E-state index contributed by atoms with van der Waals surface area (Å²) in [5.41, 5.74) is -1.89. The molecule has 1 fully saturated rings. The monoisotopic (exact) mass is 541 g/mol. The number of aryl methyl sites for hydroxylation is 1. The molecule has 3 heterocycles. The van der Waals surface area contributed by atoms with Crippen molar-refractivity contribution in [2.24, 2.45) is 0 Å². The van der Waals surface area contributed by atoms with Crippen LogP contribution in [0, 0.1) is 6.92 Å². The van der Waals surface area contributed by atoms with Gasteiger partial charge >= 0.3 is 6.36 Å². The summed E-state index contributed by atoms with van der Waals surface area (Å²) in [6.45, 7) is 1.50. The van der Waals surface area contributed by atoms with Gasteiger partial charge in [0.1, 0.15) is 22.9 Å². The van der Waals surface area contributed by atoms with Crippen LogP contribution in [-0.2, 0) is 9.59 Å². The van der Waals surface area contributed by atoms with Gasteiger partial charge in [0.15, 0.2) is 5.75 Å². The topological polar surface area (TPSA) is 152 Å². The highest BCUT2D eigenvalue weighted by Gasteiger charge is 2.33. The first kappa shape index (κ1) is 25.6. The Morgan fingerprint density at radius 3 is 2.54 bits per heavy atom. The van der Waals surface area contributed by atoms with Gasteiger partial charge in [0.25, 0.3) is 11.5 Å². The number of imide groups is 1. The zero-order valence-electron chi connectivity index (χ0n) is 20.0. The van der Waals surface area contributed by atoms with Gasteiger partial charge in [0.2, 0.25) is 17.2 Å². The predicted octanol–water partition coefficient (Wildman–Crippen LogP) is 2.68. The smallest absolute Gasteiger partial charge is 0.404 e. The highest BCUT2D eigenvalue weighted by molar-refractivity contribution is 6.09. The van der Waals surface area contributed by atoms with Crippen LogP contribution < -0.4 is 26.4 Å². The number of halogens is 3. The highest BCUT2D eigenvalue weighted by Crippen LogP contribution is 2.28. The van der Waals surface area contributed by atoms with Crippen LogP contribution in [0.5, 0.6) is 5.75 Å². The number of benzene rings is 2. The van der Waals surface area contributed by atoms with Crippen LogP contribution in [0.1, 0.15) is 35.1 Å². The molecule has 2 aromatic heterocycles. The Morgan fingerprint density at radius 1 is 1.10 bits per heavy atom. The number of para-hydroxylation sites is 2. The standard InChI is InChI=1S/C25H18F3N5O6/c1-11-30-19-13(24(38)33(11)16-8-9-18(34)32-23(16)37)5-2-6-15(19)31-22(36)14-10-29-20-12(21(14)35)4-3-7-17(20)39-25(26,27)28/h2-7,10,16H,8-9H2,1H3,(H,29,35)(H,31,36)(H,32,34,37). The Hall–Kier alpha value is -5.01. The van der Waals surface area contributed by atoms with Crippen LogP contribution in [0.25, 0.3) is 21.8 Å². The fourth-order valence-electron chi connectivity index (χ4n) is 4.52. The molecule has 1 unspecified atom stereocenters. The van der Waals surface area contributed by atoms with Crippen molar-refractivity contribution in [1.29, 1.82) is 0 Å². The summed E-state index contributed by atoms with van der Waals surface area (Å²) in [7, 11) is 0. The zero-order valence-corrected chi connectivity index (χ0v) is 20.0. The van der Waals surface area contributed by atoms with Crippen LogP contribution in [0.2, 0.25) is 0 Å². The summed E-state index contributed by atoms with van der Waals surface area (Å²) in [6.07, 6.45) is -3.85. The summed E-state index contributed by atoms with van der Waals surface area (Å²) in [5.74, 6) is -2.44. The molecule has 1 aliphatic rings. The van der Waals surface area contributed by atoms with Gasteiger partial charge in [-0.15, -0.1) is 13.2 Å². The Morgan fingerprint density at radius 2 is 1.82 bits per heavy atom. The van der Waals surface area contributed by atoms with E-state index in [9.17, 15) is 37.1 Å². The van der Waals surface area contributed by atoms with Gasteiger partial charge in [0, 0.05) is 12.6 Å². The van der Waals surface area contributed by atoms with Crippen molar-refractivity contribution in [3.05, 3.63) is 74.6 Å². The number of amides is 3. The Bertz CT molecular complexity index is 1810. The summed E-state index contributed by atoms with van der Waals surface area (Å²) < 4.78 is 43.3. The molecule has 1 atom stereocenters. The molecule has 1 aliphatic heterocycles. The number of rotatable bonds is 4. The molecule has 0 aliphatic carbocycles. The second-order valence-corrected chi connectivity index (χ2v) is 8.71. The molecule has 14 heteroatoms. The third kappa shape index (κ3) is 4.71. The number of hydrogen-bond acceptors (Lipinski definition) is 7. The number of nitrogens with zero attached hydrogens (tertiary/aromatic N) is 2. The third-order valence-electron chi connectivity index (χ3n) is 6.22. The third-order valence-corrected chi connectivity index (χ3v) is 6.22. The average molecular weight is 541 g/mol. The number of fused-ring (bicyclic) bond motifs is 2. The van der Waals surface area contributed by atoms with Crippen molar-refractivity contribution in [2.75, 3.05) is 5.32 Å². The van der Waals surface area contributed by atoms with E-state index in [0.717, 1.165) is 12.3 Å². The summed E-state index contributed by atoms with van der Waals surface area (Å²) in [6, 6.07) is 6.89. The normalized spacial score (nSPS) is 15.8. The lowest BCUT2D eigenvalue weighted by atomic mass is 10.1. The fourth-order valence-corrected chi connectivity index (χ4v) is 4.52.